The highest BCUT2D eigenvalue weighted by Crippen LogP contribution is 2.18. The van der Waals surface area contributed by atoms with E-state index in [1.807, 2.05) is 12.1 Å². The Morgan fingerprint density at radius 1 is 1.43 bits per heavy atom. The van der Waals surface area contributed by atoms with Gasteiger partial charge in [-0.05, 0) is 12.1 Å². The van der Waals surface area contributed by atoms with Gasteiger partial charge in [-0.25, -0.2) is 0 Å². The monoisotopic (exact) mass is 328 g/mol. The fraction of sp³-hybridized carbons (Fsp3) is 0.500. The molecular weight excluding hydrogens is 308 g/mol. The molecule has 0 amide bonds. The Kier molecular flexibility index (Phi) is 6.10. The minimum atomic E-state index is -0.700. The Labute approximate surface area is 132 Å². The lowest BCUT2D eigenvalue weighted by atomic mass is 10.2. The van der Waals surface area contributed by atoms with E-state index < -0.39 is 16.9 Å². The van der Waals surface area contributed by atoms with Gasteiger partial charge in [0.1, 0.15) is 23.4 Å². The first-order chi connectivity index (χ1) is 10.1. The molecule has 0 spiro atoms. The van der Waals surface area contributed by atoms with Crippen molar-refractivity contribution in [2.24, 2.45) is 5.73 Å². The van der Waals surface area contributed by atoms with Crippen molar-refractivity contribution in [3.05, 3.63) is 29.8 Å². The maximum atomic E-state index is 11.3. The molecule has 1 fully saturated rings. The van der Waals surface area contributed by atoms with Gasteiger partial charge in [0.15, 0.2) is 0 Å². The van der Waals surface area contributed by atoms with Crippen LogP contribution in [0.15, 0.2) is 24.3 Å². The maximum Gasteiger partial charge on any atom is 0.129 e. The van der Waals surface area contributed by atoms with Crippen molar-refractivity contribution < 1.29 is 14.1 Å². The van der Waals surface area contributed by atoms with E-state index in [2.05, 4.69) is 4.90 Å². The molecule has 1 heterocycles. The van der Waals surface area contributed by atoms with Gasteiger partial charge in [-0.3, -0.25) is 9.11 Å². The Balaban J connectivity index is 1.82. The molecule has 2 rings (SSSR count). The molecular formula is C14H20N2O3S2. The molecule has 1 atom stereocenters. The first-order valence-electron chi connectivity index (χ1n) is 6.83. The summed E-state index contributed by atoms with van der Waals surface area (Å²) in [7, 11) is -0.700. The zero-order valence-electron chi connectivity index (χ0n) is 11.7. The highest BCUT2D eigenvalue weighted by molar-refractivity contribution is 7.85. The lowest BCUT2D eigenvalue weighted by molar-refractivity contribution is 0.0712. The molecule has 1 aliphatic rings. The normalized spacial score (nSPS) is 18.3. The minimum absolute atomic E-state index is 0.180. The van der Waals surface area contributed by atoms with Gasteiger partial charge in [-0.1, -0.05) is 24.4 Å². The van der Waals surface area contributed by atoms with Gasteiger partial charge in [0, 0.05) is 41.9 Å². The molecule has 0 bridgehead atoms. The molecule has 0 aromatic heterocycles. The van der Waals surface area contributed by atoms with Gasteiger partial charge in [-0.15, -0.1) is 0 Å². The van der Waals surface area contributed by atoms with E-state index in [1.165, 1.54) is 0 Å². The van der Waals surface area contributed by atoms with Gasteiger partial charge in [-0.2, -0.15) is 0 Å². The number of β-amino-alcohol motifs (C(OH)–C–C–N with tert-alkyl or cyclic N) is 1. The van der Waals surface area contributed by atoms with E-state index >= 15 is 0 Å². The average Bonchev–Trinajstić information content (AvgIpc) is 2.48. The molecule has 1 saturated heterocycles. The van der Waals surface area contributed by atoms with Crippen LogP contribution in [0.4, 0.5) is 0 Å². The van der Waals surface area contributed by atoms with Gasteiger partial charge in [0.2, 0.25) is 0 Å². The van der Waals surface area contributed by atoms with Gasteiger partial charge in [0.05, 0.1) is 5.56 Å². The third-order valence-electron chi connectivity index (χ3n) is 3.32. The Bertz CT molecular complexity index is 515. The second-order valence-electron chi connectivity index (χ2n) is 4.97. The molecule has 21 heavy (non-hydrogen) atoms. The second-order valence-corrected chi connectivity index (χ2v) is 7.11. The third-order valence-corrected chi connectivity index (χ3v) is 4.82. The number of ether oxygens (including phenoxy) is 1. The summed E-state index contributed by atoms with van der Waals surface area (Å²) >= 11 is 4.97. The zero-order valence-corrected chi connectivity index (χ0v) is 13.4. The van der Waals surface area contributed by atoms with E-state index in [-0.39, 0.29) is 11.6 Å². The van der Waals surface area contributed by atoms with Crippen LogP contribution in [0.25, 0.3) is 0 Å². The molecule has 116 valence electrons. The van der Waals surface area contributed by atoms with Crippen LogP contribution in [0.3, 0.4) is 0 Å². The van der Waals surface area contributed by atoms with Crippen molar-refractivity contribution in [3.8, 4) is 5.75 Å². The summed E-state index contributed by atoms with van der Waals surface area (Å²) in [6.45, 7) is 2.21. The number of aliphatic hydroxyl groups excluding tert-OH is 1. The quantitative estimate of drug-likeness (QED) is 0.723. The number of aliphatic hydroxyl groups is 1. The van der Waals surface area contributed by atoms with Gasteiger partial charge < -0.3 is 15.6 Å². The van der Waals surface area contributed by atoms with Crippen LogP contribution in [-0.4, -0.2) is 63.1 Å². The number of rotatable bonds is 6. The Morgan fingerprint density at radius 3 is 2.76 bits per heavy atom. The van der Waals surface area contributed by atoms with E-state index in [0.717, 1.165) is 13.1 Å². The lowest BCUT2D eigenvalue weighted by Gasteiger charge is -2.28. The van der Waals surface area contributed by atoms with Crippen molar-refractivity contribution in [2.45, 2.75) is 6.10 Å². The van der Waals surface area contributed by atoms with Crippen LogP contribution in [0, 0.1) is 0 Å². The fourth-order valence-corrected chi connectivity index (χ4v) is 3.49. The van der Waals surface area contributed by atoms with Crippen molar-refractivity contribution >= 4 is 28.0 Å². The highest BCUT2D eigenvalue weighted by atomic mass is 32.2. The molecule has 1 aromatic rings. The van der Waals surface area contributed by atoms with Crippen LogP contribution in [0.5, 0.6) is 5.75 Å². The molecule has 0 radical (unpaired) electrons. The van der Waals surface area contributed by atoms with Crippen LogP contribution >= 0.6 is 12.2 Å². The second kappa shape index (κ2) is 7.84. The van der Waals surface area contributed by atoms with Crippen molar-refractivity contribution in [1.29, 1.82) is 0 Å². The first kappa shape index (κ1) is 16.4. The van der Waals surface area contributed by atoms with E-state index in [4.69, 9.17) is 22.7 Å². The molecule has 1 unspecified atom stereocenters. The minimum Gasteiger partial charge on any atom is -0.490 e. The molecule has 1 aliphatic heterocycles. The van der Waals surface area contributed by atoms with Crippen molar-refractivity contribution in [2.75, 3.05) is 37.7 Å². The van der Waals surface area contributed by atoms with Crippen LogP contribution < -0.4 is 10.5 Å². The number of nitrogens with zero attached hydrogens (tertiary/aromatic N) is 1. The topological polar surface area (TPSA) is 75.8 Å². The number of benzene rings is 1. The summed E-state index contributed by atoms with van der Waals surface area (Å²) in [5.74, 6) is 1.94. The maximum absolute atomic E-state index is 11.3. The molecule has 0 saturated carbocycles. The average molecular weight is 328 g/mol. The predicted octanol–water partition coefficient (Wildman–Crippen LogP) is 0.125. The Hall–Kier alpha value is -1.02. The van der Waals surface area contributed by atoms with Crippen LogP contribution in [-0.2, 0) is 10.8 Å². The SMILES string of the molecule is NC(=S)c1ccccc1OCC(O)CN1CCS(=O)CC1. The van der Waals surface area contributed by atoms with E-state index in [9.17, 15) is 9.32 Å². The molecule has 1 aromatic carbocycles. The van der Waals surface area contributed by atoms with Gasteiger partial charge in [0.25, 0.3) is 0 Å². The van der Waals surface area contributed by atoms with Crippen molar-refractivity contribution in [1.82, 2.24) is 4.90 Å². The summed E-state index contributed by atoms with van der Waals surface area (Å²) in [4.78, 5) is 2.38. The molecule has 3 N–H and O–H groups in total. The smallest absolute Gasteiger partial charge is 0.129 e. The summed E-state index contributed by atoms with van der Waals surface area (Å²) in [6, 6.07) is 7.25. The summed E-state index contributed by atoms with van der Waals surface area (Å²) in [6.07, 6.45) is -0.601. The van der Waals surface area contributed by atoms with E-state index in [0.29, 0.717) is 29.4 Å². The Morgan fingerprint density at radius 2 is 2.10 bits per heavy atom. The fourth-order valence-electron chi connectivity index (χ4n) is 2.19. The summed E-state index contributed by atoms with van der Waals surface area (Å²) < 4.78 is 16.9. The van der Waals surface area contributed by atoms with Crippen molar-refractivity contribution in [3.63, 3.8) is 0 Å². The third kappa shape index (κ3) is 5.03. The molecule has 7 heteroatoms. The largest absolute Gasteiger partial charge is 0.490 e. The predicted molar refractivity (Wildman–Crippen MR) is 88.1 cm³/mol. The van der Waals surface area contributed by atoms with Gasteiger partial charge >= 0.3 is 0 Å². The summed E-state index contributed by atoms with van der Waals surface area (Å²) in [5.41, 5.74) is 6.31. The summed E-state index contributed by atoms with van der Waals surface area (Å²) in [5, 5.41) is 10.1. The van der Waals surface area contributed by atoms with Crippen LogP contribution in [0.1, 0.15) is 5.56 Å². The number of hydrogen-bond acceptors (Lipinski definition) is 5. The molecule has 0 aliphatic carbocycles. The van der Waals surface area contributed by atoms with Crippen LogP contribution in [0.2, 0.25) is 0 Å². The number of thiocarbonyl (C=S) groups is 1. The standard InChI is InChI=1S/C14H20N2O3S2/c15-14(20)12-3-1-2-4-13(12)19-10-11(17)9-16-5-7-21(18)8-6-16/h1-4,11,17H,5-10H2,(H2,15,20). The number of hydrogen-bond donors (Lipinski definition) is 2. The van der Waals surface area contributed by atoms with E-state index in [1.54, 1.807) is 12.1 Å². The zero-order chi connectivity index (χ0) is 15.2. The number of nitrogens with two attached hydrogens (primary N) is 1. The highest BCUT2D eigenvalue weighted by Gasteiger charge is 2.18. The molecule has 5 nitrogen and oxygen atoms in total. The number of para-hydroxylation sites is 1. The lowest BCUT2D eigenvalue weighted by Crippen LogP contribution is -2.43. The first-order valence-corrected chi connectivity index (χ1v) is 8.73.